The summed E-state index contributed by atoms with van der Waals surface area (Å²) in [6.07, 6.45) is 1.31. The molecule has 0 aliphatic carbocycles. The molecule has 2 rings (SSSR count). The number of rotatable bonds is 5. The standard InChI is InChI=1S/C13H17N5O6S2/c1-7-14-10(17-12(15-7)24-4)16-11(20)18-26(21,22)8-5-6-25-13(8,2)9(19)23-3/h5-6,8H,1-4H3,(H2,14,15,16,17,18,20). The lowest BCUT2D eigenvalue weighted by Crippen LogP contribution is -2.51. The van der Waals surface area contributed by atoms with Crippen LogP contribution in [0, 0.1) is 6.92 Å². The van der Waals surface area contributed by atoms with E-state index < -0.39 is 32.0 Å². The lowest BCUT2D eigenvalue weighted by atomic mass is 10.1. The van der Waals surface area contributed by atoms with Crippen molar-refractivity contribution < 1.29 is 27.5 Å². The molecule has 0 spiro atoms. The van der Waals surface area contributed by atoms with Gasteiger partial charge in [-0.25, -0.2) is 17.9 Å². The number of carbonyl (C=O) groups excluding carboxylic acids is 2. The molecule has 0 bridgehead atoms. The van der Waals surface area contributed by atoms with Crippen molar-refractivity contribution in [3.63, 3.8) is 0 Å². The molecule has 2 heterocycles. The first-order chi connectivity index (χ1) is 12.1. The topological polar surface area (TPSA) is 149 Å². The summed E-state index contributed by atoms with van der Waals surface area (Å²) in [5.74, 6) is -0.640. The van der Waals surface area contributed by atoms with Crippen molar-refractivity contribution in [2.24, 2.45) is 0 Å². The summed E-state index contributed by atoms with van der Waals surface area (Å²) in [6, 6.07) is -1.13. The highest BCUT2D eigenvalue weighted by molar-refractivity contribution is 8.05. The maximum Gasteiger partial charge on any atom is 0.335 e. The Labute approximate surface area is 154 Å². The number of hydrogen-bond donors (Lipinski definition) is 2. The van der Waals surface area contributed by atoms with Crippen LogP contribution in [0.2, 0.25) is 0 Å². The maximum absolute atomic E-state index is 12.5. The number of ether oxygens (including phenoxy) is 2. The van der Waals surface area contributed by atoms with Gasteiger partial charge in [-0.1, -0.05) is 6.08 Å². The summed E-state index contributed by atoms with van der Waals surface area (Å²) in [5, 5.41) is 2.36. The van der Waals surface area contributed by atoms with Crippen LogP contribution in [0.3, 0.4) is 0 Å². The number of anilines is 1. The summed E-state index contributed by atoms with van der Waals surface area (Å²) in [6.45, 7) is 2.97. The van der Waals surface area contributed by atoms with Gasteiger partial charge in [-0.3, -0.25) is 10.1 Å². The van der Waals surface area contributed by atoms with E-state index in [4.69, 9.17) is 4.74 Å². The van der Waals surface area contributed by atoms with Crippen LogP contribution in [-0.2, 0) is 19.6 Å². The molecule has 1 aromatic heterocycles. The number of urea groups is 1. The minimum atomic E-state index is -4.24. The molecular weight excluding hydrogens is 386 g/mol. The van der Waals surface area contributed by atoms with Crippen LogP contribution >= 0.6 is 11.8 Å². The second-order valence-electron chi connectivity index (χ2n) is 5.26. The second-order valence-corrected chi connectivity index (χ2v) is 8.42. The number of nitrogens with zero attached hydrogens (tertiary/aromatic N) is 3. The van der Waals surface area contributed by atoms with Gasteiger partial charge in [-0.05, 0) is 19.3 Å². The lowest BCUT2D eigenvalue weighted by Gasteiger charge is -2.27. The van der Waals surface area contributed by atoms with Crippen molar-refractivity contribution in [1.29, 1.82) is 0 Å². The van der Waals surface area contributed by atoms with Gasteiger partial charge >= 0.3 is 18.0 Å². The predicted octanol–water partition coefficient (Wildman–Crippen LogP) is 0.201. The molecule has 0 saturated carbocycles. The van der Waals surface area contributed by atoms with Crippen molar-refractivity contribution in [2.75, 3.05) is 19.5 Å². The van der Waals surface area contributed by atoms with Crippen LogP contribution in [0.4, 0.5) is 10.7 Å². The Hall–Kier alpha value is -2.41. The van der Waals surface area contributed by atoms with Crippen molar-refractivity contribution in [3.8, 4) is 6.01 Å². The monoisotopic (exact) mass is 403 g/mol. The van der Waals surface area contributed by atoms with Crippen molar-refractivity contribution >= 4 is 39.7 Å². The molecule has 2 N–H and O–H groups in total. The highest BCUT2D eigenvalue weighted by Crippen LogP contribution is 2.40. The predicted molar refractivity (Wildman–Crippen MR) is 93.1 cm³/mol. The van der Waals surface area contributed by atoms with Gasteiger partial charge in [0.25, 0.3) is 0 Å². The Morgan fingerprint density at radius 3 is 2.58 bits per heavy atom. The fraction of sp³-hybridized carbons (Fsp3) is 0.462. The van der Waals surface area contributed by atoms with E-state index in [0.717, 1.165) is 18.9 Å². The number of aryl methyl sites for hydroxylation is 1. The van der Waals surface area contributed by atoms with E-state index in [9.17, 15) is 18.0 Å². The summed E-state index contributed by atoms with van der Waals surface area (Å²) in [7, 11) is -1.75. The molecule has 1 aliphatic heterocycles. The van der Waals surface area contributed by atoms with Crippen LogP contribution in [0.15, 0.2) is 11.5 Å². The maximum atomic E-state index is 12.5. The molecule has 1 aromatic rings. The van der Waals surface area contributed by atoms with E-state index >= 15 is 0 Å². The third-order valence-electron chi connectivity index (χ3n) is 3.40. The molecule has 11 nitrogen and oxygen atoms in total. The van der Waals surface area contributed by atoms with Crippen molar-refractivity contribution in [2.45, 2.75) is 23.8 Å². The van der Waals surface area contributed by atoms with E-state index in [0.29, 0.717) is 0 Å². The Morgan fingerprint density at radius 2 is 1.96 bits per heavy atom. The third-order valence-corrected chi connectivity index (χ3v) is 6.52. The number of thioether (sulfide) groups is 1. The van der Waals surface area contributed by atoms with Gasteiger partial charge < -0.3 is 9.47 Å². The number of esters is 1. The number of aromatic nitrogens is 3. The van der Waals surface area contributed by atoms with E-state index in [1.54, 1.807) is 6.92 Å². The molecule has 0 saturated heterocycles. The number of amides is 2. The molecule has 142 valence electrons. The molecule has 2 atom stereocenters. The zero-order valence-corrected chi connectivity index (χ0v) is 16.0. The number of methoxy groups -OCH3 is 2. The fourth-order valence-corrected chi connectivity index (χ4v) is 5.16. The first-order valence-electron chi connectivity index (χ1n) is 7.14. The van der Waals surface area contributed by atoms with E-state index in [1.165, 1.54) is 25.5 Å². The molecule has 13 heteroatoms. The highest BCUT2D eigenvalue weighted by atomic mass is 32.2. The first kappa shape index (κ1) is 19.9. The van der Waals surface area contributed by atoms with E-state index in [1.807, 2.05) is 4.72 Å². The molecule has 0 radical (unpaired) electrons. The zero-order chi connectivity index (χ0) is 19.5. The first-order valence-corrected chi connectivity index (χ1v) is 9.57. The van der Waals surface area contributed by atoms with E-state index in [2.05, 4.69) is 25.0 Å². The van der Waals surface area contributed by atoms with Gasteiger partial charge in [0.1, 0.15) is 15.8 Å². The van der Waals surface area contributed by atoms with Crippen LogP contribution < -0.4 is 14.8 Å². The summed E-state index contributed by atoms with van der Waals surface area (Å²) >= 11 is 0.995. The number of hydrogen-bond acceptors (Lipinski definition) is 10. The van der Waals surface area contributed by atoms with Gasteiger partial charge in [-0.15, -0.1) is 11.8 Å². The molecule has 1 aliphatic rings. The quantitative estimate of drug-likeness (QED) is 0.653. The third kappa shape index (κ3) is 4.04. The Balaban J connectivity index is 2.16. The summed E-state index contributed by atoms with van der Waals surface area (Å²) < 4.78 is 35.0. The average molecular weight is 403 g/mol. The van der Waals surface area contributed by atoms with Gasteiger partial charge in [0, 0.05) is 0 Å². The normalized spacial score (nSPS) is 21.9. The largest absolute Gasteiger partial charge is 0.468 e. The van der Waals surface area contributed by atoms with Crippen LogP contribution in [0.1, 0.15) is 12.7 Å². The average Bonchev–Trinajstić information content (AvgIpc) is 2.96. The van der Waals surface area contributed by atoms with Gasteiger partial charge in [0.05, 0.1) is 14.2 Å². The SMILES string of the molecule is COC(=O)C1(C)SC=CC1S(=O)(=O)NC(=O)Nc1nc(C)nc(OC)n1. The zero-order valence-electron chi connectivity index (χ0n) is 14.3. The second kappa shape index (κ2) is 7.45. The molecular formula is C13H17N5O6S2. The Kier molecular flexibility index (Phi) is 5.71. The minimum absolute atomic E-state index is 0.0379. The molecule has 2 amide bonds. The molecule has 2 unspecified atom stereocenters. The Bertz CT molecular complexity index is 859. The van der Waals surface area contributed by atoms with Crippen LogP contribution in [-0.4, -0.2) is 59.6 Å². The van der Waals surface area contributed by atoms with Crippen molar-refractivity contribution in [1.82, 2.24) is 19.7 Å². The van der Waals surface area contributed by atoms with Crippen LogP contribution in [0.5, 0.6) is 6.01 Å². The van der Waals surface area contributed by atoms with Gasteiger partial charge in [0.2, 0.25) is 16.0 Å². The number of nitrogens with one attached hydrogen (secondary N) is 2. The number of sulfonamides is 1. The molecule has 26 heavy (non-hydrogen) atoms. The summed E-state index contributed by atoms with van der Waals surface area (Å²) in [5.41, 5.74) is 0. The fourth-order valence-electron chi connectivity index (χ4n) is 2.19. The minimum Gasteiger partial charge on any atom is -0.468 e. The van der Waals surface area contributed by atoms with Crippen molar-refractivity contribution in [3.05, 3.63) is 17.3 Å². The van der Waals surface area contributed by atoms with Gasteiger partial charge in [0.15, 0.2) is 0 Å². The van der Waals surface area contributed by atoms with Gasteiger partial charge in [-0.2, -0.15) is 15.0 Å². The molecule has 0 aromatic carbocycles. The Morgan fingerprint density at radius 1 is 1.27 bits per heavy atom. The molecule has 0 fully saturated rings. The highest BCUT2D eigenvalue weighted by Gasteiger charge is 2.51. The lowest BCUT2D eigenvalue weighted by molar-refractivity contribution is -0.142. The number of carbonyl (C=O) groups is 2. The summed E-state index contributed by atoms with van der Waals surface area (Å²) in [4.78, 5) is 35.5. The van der Waals surface area contributed by atoms with Crippen LogP contribution in [0.25, 0.3) is 0 Å². The smallest absolute Gasteiger partial charge is 0.335 e. The van der Waals surface area contributed by atoms with E-state index in [-0.39, 0.29) is 17.8 Å².